The van der Waals surface area contributed by atoms with Gasteiger partial charge < -0.3 is 15.2 Å². The molecule has 0 saturated carbocycles. The van der Waals surface area contributed by atoms with E-state index in [4.69, 9.17) is 5.73 Å². The van der Waals surface area contributed by atoms with Crippen LogP contribution in [-0.4, -0.2) is 38.1 Å². The molecule has 1 aliphatic rings. The van der Waals surface area contributed by atoms with Gasteiger partial charge in [0.1, 0.15) is 5.69 Å². The van der Waals surface area contributed by atoms with Crippen LogP contribution in [0.2, 0.25) is 0 Å². The minimum Gasteiger partial charge on any atom is -0.366 e. The van der Waals surface area contributed by atoms with E-state index in [0.29, 0.717) is 11.3 Å². The van der Waals surface area contributed by atoms with Crippen molar-refractivity contribution in [3.63, 3.8) is 0 Å². The third kappa shape index (κ3) is 2.52. The molecule has 2 heterocycles. The monoisotopic (exact) mass is 315 g/mol. The molecule has 7 nitrogen and oxygen atoms in total. The summed E-state index contributed by atoms with van der Waals surface area (Å²) in [5, 5.41) is 4.32. The number of aromatic nitrogens is 3. The Morgan fingerprint density at radius 2 is 2.13 bits per heavy atom. The molecule has 2 N–H and O–H groups in total. The Morgan fingerprint density at radius 1 is 1.39 bits per heavy atom. The molecule has 2 aromatic heterocycles. The van der Waals surface area contributed by atoms with Crippen LogP contribution >= 0.6 is 0 Å². The van der Waals surface area contributed by atoms with Gasteiger partial charge in [-0.3, -0.25) is 14.3 Å². The van der Waals surface area contributed by atoms with E-state index >= 15 is 0 Å². The predicted molar refractivity (Wildman–Crippen MR) is 84.9 cm³/mol. The number of amides is 2. The average molecular weight is 315 g/mol. The van der Waals surface area contributed by atoms with Crippen LogP contribution in [0.15, 0.2) is 18.5 Å². The molecular formula is C16H21N5O2. The Kier molecular flexibility index (Phi) is 3.71. The highest BCUT2D eigenvalue weighted by Gasteiger charge is 2.30. The highest BCUT2D eigenvalue weighted by Crippen LogP contribution is 2.34. The van der Waals surface area contributed by atoms with E-state index in [-0.39, 0.29) is 11.9 Å². The molecule has 0 fully saturated rings. The number of aryl methyl sites for hydroxylation is 2. The second-order valence-electron chi connectivity index (χ2n) is 6.08. The molecule has 0 radical (unpaired) electrons. The normalized spacial score (nSPS) is 16.9. The second kappa shape index (κ2) is 5.57. The molecule has 122 valence electrons. The molecule has 2 aromatic rings. The molecule has 0 aliphatic heterocycles. The quantitative estimate of drug-likeness (QED) is 0.917. The van der Waals surface area contributed by atoms with Gasteiger partial charge in [-0.1, -0.05) is 0 Å². The number of nitrogens with two attached hydrogens (primary N) is 1. The number of hydrogen-bond donors (Lipinski definition) is 1. The number of rotatable bonds is 3. The maximum atomic E-state index is 12.8. The van der Waals surface area contributed by atoms with Gasteiger partial charge in [0.15, 0.2) is 0 Å². The van der Waals surface area contributed by atoms with Gasteiger partial charge in [-0.05, 0) is 25.3 Å². The summed E-state index contributed by atoms with van der Waals surface area (Å²) in [7, 11) is 5.47. The number of hydrogen-bond acceptors (Lipinski definition) is 3. The van der Waals surface area contributed by atoms with Crippen LogP contribution in [-0.2, 0) is 20.5 Å². The van der Waals surface area contributed by atoms with Gasteiger partial charge in [0, 0.05) is 38.6 Å². The topological polar surface area (TPSA) is 86.2 Å². The average Bonchev–Trinajstić information content (AvgIpc) is 3.09. The van der Waals surface area contributed by atoms with Gasteiger partial charge in [0.25, 0.3) is 5.91 Å². The van der Waals surface area contributed by atoms with Crippen LogP contribution in [0.5, 0.6) is 0 Å². The lowest BCUT2D eigenvalue weighted by molar-refractivity contribution is 0.0705. The van der Waals surface area contributed by atoms with Crippen molar-refractivity contribution in [1.29, 1.82) is 0 Å². The molecule has 0 spiro atoms. The van der Waals surface area contributed by atoms with Crippen LogP contribution in [0.25, 0.3) is 0 Å². The molecule has 1 unspecified atom stereocenters. The molecule has 0 saturated heterocycles. The highest BCUT2D eigenvalue weighted by atomic mass is 16.2. The van der Waals surface area contributed by atoms with Crippen molar-refractivity contribution in [2.24, 2.45) is 19.8 Å². The lowest BCUT2D eigenvalue weighted by atomic mass is 9.92. The molecular weight excluding hydrogens is 294 g/mol. The summed E-state index contributed by atoms with van der Waals surface area (Å²) in [5.74, 6) is -0.656. The maximum Gasteiger partial charge on any atom is 0.270 e. The Labute approximate surface area is 134 Å². The molecule has 0 aromatic carbocycles. The van der Waals surface area contributed by atoms with Gasteiger partial charge >= 0.3 is 0 Å². The summed E-state index contributed by atoms with van der Waals surface area (Å²) >= 11 is 0. The molecule has 23 heavy (non-hydrogen) atoms. The van der Waals surface area contributed by atoms with Gasteiger partial charge in [-0.25, -0.2) is 0 Å². The lowest BCUT2D eigenvalue weighted by Crippen LogP contribution is -2.34. The van der Waals surface area contributed by atoms with E-state index in [9.17, 15) is 9.59 Å². The Balaban J connectivity index is 1.90. The zero-order chi connectivity index (χ0) is 16.7. The van der Waals surface area contributed by atoms with Gasteiger partial charge in [0.2, 0.25) is 5.91 Å². The zero-order valence-corrected chi connectivity index (χ0v) is 13.6. The summed E-state index contributed by atoms with van der Waals surface area (Å²) in [6.45, 7) is 0. The van der Waals surface area contributed by atoms with Crippen LogP contribution in [0, 0.1) is 0 Å². The number of carbonyl (C=O) groups is 2. The smallest absolute Gasteiger partial charge is 0.270 e. The minimum atomic E-state index is -0.533. The van der Waals surface area contributed by atoms with Gasteiger partial charge in [0.05, 0.1) is 17.8 Å². The first-order chi connectivity index (χ1) is 10.9. The van der Waals surface area contributed by atoms with Crippen LogP contribution in [0.3, 0.4) is 0 Å². The van der Waals surface area contributed by atoms with Crippen molar-refractivity contribution >= 4 is 11.8 Å². The highest BCUT2D eigenvalue weighted by molar-refractivity contribution is 5.98. The van der Waals surface area contributed by atoms with Crippen molar-refractivity contribution in [2.45, 2.75) is 25.3 Å². The Morgan fingerprint density at radius 3 is 2.78 bits per heavy atom. The standard InChI is InChI=1S/C16H21N5O2/c1-19-9-10(15(17)22)7-14(19)16(23)20(2)12-5-4-6-13-11(12)8-18-21(13)3/h7-9,12H,4-6H2,1-3H3,(H2,17,22). The summed E-state index contributed by atoms with van der Waals surface area (Å²) in [6, 6.07) is 1.56. The SMILES string of the molecule is CN(C(=O)c1cc(C(N)=O)cn1C)C1CCCc2c1cnn2C. The van der Waals surface area contributed by atoms with Crippen molar-refractivity contribution in [1.82, 2.24) is 19.2 Å². The third-order valence-corrected chi connectivity index (χ3v) is 4.64. The van der Waals surface area contributed by atoms with E-state index < -0.39 is 5.91 Å². The molecule has 7 heteroatoms. The molecule has 1 atom stereocenters. The Hall–Kier alpha value is -2.57. The molecule has 0 bridgehead atoms. The van der Waals surface area contributed by atoms with E-state index in [2.05, 4.69) is 5.10 Å². The Bertz CT molecular complexity index is 774. The van der Waals surface area contributed by atoms with E-state index in [1.165, 1.54) is 5.69 Å². The van der Waals surface area contributed by atoms with Crippen molar-refractivity contribution < 1.29 is 9.59 Å². The summed E-state index contributed by atoms with van der Waals surface area (Å²) in [4.78, 5) is 25.9. The largest absolute Gasteiger partial charge is 0.366 e. The fourth-order valence-corrected chi connectivity index (χ4v) is 3.32. The third-order valence-electron chi connectivity index (χ3n) is 4.64. The first-order valence-corrected chi connectivity index (χ1v) is 7.64. The van der Waals surface area contributed by atoms with E-state index in [1.807, 2.05) is 17.9 Å². The summed E-state index contributed by atoms with van der Waals surface area (Å²) in [6.07, 6.45) is 6.35. The van der Waals surface area contributed by atoms with Crippen LogP contribution < -0.4 is 5.73 Å². The van der Waals surface area contributed by atoms with E-state index in [0.717, 1.165) is 24.8 Å². The van der Waals surface area contributed by atoms with Crippen molar-refractivity contribution in [2.75, 3.05) is 7.05 Å². The number of nitrogens with zero attached hydrogens (tertiary/aromatic N) is 4. The van der Waals surface area contributed by atoms with Crippen molar-refractivity contribution in [3.05, 3.63) is 41.0 Å². The first-order valence-electron chi connectivity index (χ1n) is 7.64. The maximum absolute atomic E-state index is 12.8. The zero-order valence-electron chi connectivity index (χ0n) is 13.6. The van der Waals surface area contributed by atoms with Crippen LogP contribution in [0.4, 0.5) is 0 Å². The first kappa shape index (κ1) is 15.3. The van der Waals surface area contributed by atoms with Crippen molar-refractivity contribution in [3.8, 4) is 0 Å². The van der Waals surface area contributed by atoms with Gasteiger partial charge in [-0.2, -0.15) is 5.10 Å². The summed E-state index contributed by atoms with van der Waals surface area (Å²) in [5.41, 5.74) is 8.39. The molecule has 1 aliphatic carbocycles. The summed E-state index contributed by atoms with van der Waals surface area (Å²) < 4.78 is 3.53. The molecule has 2 amide bonds. The number of fused-ring (bicyclic) bond motifs is 1. The molecule has 3 rings (SSSR count). The fraction of sp³-hybridized carbons (Fsp3) is 0.438. The van der Waals surface area contributed by atoms with Crippen LogP contribution in [0.1, 0.15) is 51.0 Å². The number of carbonyl (C=O) groups excluding carboxylic acids is 2. The number of primary amides is 1. The lowest BCUT2D eigenvalue weighted by Gasteiger charge is -2.31. The predicted octanol–water partition coefficient (Wildman–Crippen LogP) is 1.01. The second-order valence-corrected chi connectivity index (χ2v) is 6.08. The fourth-order valence-electron chi connectivity index (χ4n) is 3.32. The van der Waals surface area contributed by atoms with Gasteiger partial charge in [-0.15, -0.1) is 0 Å². The minimum absolute atomic E-state index is 0.00637. The van der Waals surface area contributed by atoms with E-state index in [1.54, 1.807) is 35.8 Å².